The third-order valence-electron chi connectivity index (χ3n) is 3.52. The Balaban J connectivity index is 2.50. The van der Waals surface area contributed by atoms with Gasteiger partial charge in [-0.25, -0.2) is 4.79 Å². The van der Waals surface area contributed by atoms with Gasteiger partial charge in [0.25, 0.3) is 0 Å². The molecule has 1 rings (SSSR count). The molecule has 1 atom stereocenters. The first-order chi connectivity index (χ1) is 10.6. The van der Waals surface area contributed by atoms with E-state index in [1.165, 1.54) is 19.3 Å². The molecule has 22 heavy (non-hydrogen) atoms. The van der Waals surface area contributed by atoms with Crippen molar-refractivity contribution in [2.45, 2.75) is 52.0 Å². The van der Waals surface area contributed by atoms with Crippen molar-refractivity contribution < 1.29 is 14.3 Å². The van der Waals surface area contributed by atoms with Gasteiger partial charge in [-0.3, -0.25) is 0 Å². The number of urea groups is 1. The van der Waals surface area contributed by atoms with Crippen molar-refractivity contribution in [3.05, 3.63) is 18.2 Å². The molecule has 0 aliphatic carbocycles. The highest BCUT2D eigenvalue weighted by molar-refractivity contribution is 5.91. The fourth-order valence-electron chi connectivity index (χ4n) is 2.24. The minimum Gasteiger partial charge on any atom is -0.497 e. The van der Waals surface area contributed by atoms with Crippen LogP contribution in [0.3, 0.4) is 0 Å². The molecule has 0 spiro atoms. The molecule has 0 aromatic heterocycles. The molecule has 0 fully saturated rings. The molecular formula is C17H28N2O3. The van der Waals surface area contributed by atoms with Gasteiger partial charge in [-0.2, -0.15) is 0 Å². The van der Waals surface area contributed by atoms with Crippen LogP contribution in [0.25, 0.3) is 0 Å². The molecule has 0 bridgehead atoms. The topological polar surface area (TPSA) is 59.6 Å². The van der Waals surface area contributed by atoms with Gasteiger partial charge >= 0.3 is 6.03 Å². The first-order valence-electron chi connectivity index (χ1n) is 7.90. The van der Waals surface area contributed by atoms with Crippen LogP contribution in [0.2, 0.25) is 0 Å². The number of hydrogen-bond acceptors (Lipinski definition) is 3. The van der Waals surface area contributed by atoms with E-state index < -0.39 is 0 Å². The summed E-state index contributed by atoms with van der Waals surface area (Å²) in [5.74, 6) is 1.27. The smallest absolute Gasteiger partial charge is 0.319 e. The quantitative estimate of drug-likeness (QED) is 0.673. The summed E-state index contributed by atoms with van der Waals surface area (Å²) in [6.07, 6.45) is 5.81. The number of nitrogens with one attached hydrogen (secondary N) is 2. The number of methoxy groups -OCH3 is 2. The van der Waals surface area contributed by atoms with Crippen molar-refractivity contribution in [1.29, 1.82) is 0 Å². The minimum absolute atomic E-state index is 0.147. The third kappa shape index (κ3) is 6.24. The summed E-state index contributed by atoms with van der Waals surface area (Å²) in [5, 5.41) is 5.76. The lowest BCUT2D eigenvalue weighted by atomic mass is 10.1. The largest absolute Gasteiger partial charge is 0.497 e. The second kappa shape index (κ2) is 9.92. The van der Waals surface area contributed by atoms with E-state index in [0.717, 1.165) is 12.8 Å². The van der Waals surface area contributed by atoms with E-state index in [2.05, 4.69) is 17.6 Å². The first-order valence-corrected chi connectivity index (χ1v) is 7.90. The molecule has 2 N–H and O–H groups in total. The molecule has 1 unspecified atom stereocenters. The number of carbonyl (C=O) groups is 1. The zero-order chi connectivity index (χ0) is 16.4. The van der Waals surface area contributed by atoms with Gasteiger partial charge < -0.3 is 20.1 Å². The summed E-state index contributed by atoms with van der Waals surface area (Å²) in [6, 6.07) is 5.22. The minimum atomic E-state index is -0.227. The number of anilines is 1. The van der Waals surface area contributed by atoms with E-state index in [1.807, 2.05) is 6.92 Å². The normalized spacial score (nSPS) is 11.6. The Morgan fingerprint density at radius 1 is 1.18 bits per heavy atom. The maximum absolute atomic E-state index is 12.1. The summed E-state index contributed by atoms with van der Waals surface area (Å²) >= 11 is 0. The van der Waals surface area contributed by atoms with Gasteiger partial charge in [-0.05, 0) is 25.5 Å². The van der Waals surface area contributed by atoms with Crippen LogP contribution in [-0.4, -0.2) is 26.3 Å². The summed E-state index contributed by atoms with van der Waals surface area (Å²) in [4.78, 5) is 12.1. The maximum Gasteiger partial charge on any atom is 0.319 e. The number of unbranched alkanes of at least 4 members (excludes halogenated alkanes) is 3. The predicted molar refractivity (Wildman–Crippen MR) is 89.9 cm³/mol. The van der Waals surface area contributed by atoms with Crippen molar-refractivity contribution >= 4 is 11.7 Å². The van der Waals surface area contributed by atoms with Gasteiger partial charge in [0.05, 0.1) is 19.9 Å². The van der Waals surface area contributed by atoms with E-state index in [4.69, 9.17) is 9.47 Å². The van der Waals surface area contributed by atoms with Crippen LogP contribution in [0, 0.1) is 0 Å². The van der Waals surface area contributed by atoms with E-state index in [1.54, 1.807) is 32.4 Å². The van der Waals surface area contributed by atoms with Crippen molar-refractivity contribution in [1.82, 2.24) is 5.32 Å². The molecule has 0 aliphatic heterocycles. The number of amides is 2. The average Bonchev–Trinajstić information content (AvgIpc) is 2.51. The van der Waals surface area contributed by atoms with Crippen molar-refractivity contribution in [3.8, 4) is 11.5 Å². The van der Waals surface area contributed by atoms with Gasteiger partial charge in [-0.1, -0.05) is 32.6 Å². The summed E-state index contributed by atoms with van der Waals surface area (Å²) in [6.45, 7) is 4.21. The van der Waals surface area contributed by atoms with Gasteiger partial charge in [-0.15, -0.1) is 0 Å². The van der Waals surface area contributed by atoms with Crippen molar-refractivity contribution in [2.75, 3.05) is 19.5 Å². The SMILES string of the molecule is CCCCCCC(C)NC(=O)Nc1cc(OC)ccc1OC. The van der Waals surface area contributed by atoms with Crippen LogP contribution in [0.1, 0.15) is 46.0 Å². The van der Waals surface area contributed by atoms with E-state index >= 15 is 0 Å². The van der Waals surface area contributed by atoms with Crippen LogP contribution in [0.4, 0.5) is 10.5 Å². The molecule has 0 saturated carbocycles. The second-order valence-electron chi connectivity index (χ2n) is 5.42. The highest BCUT2D eigenvalue weighted by Gasteiger charge is 2.11. The van der Waals surface area contributed by atoms with Gasteiger partial charge in [0.1, 0.15) is 11.5 Å². The van der Waals surface area contributed by atoms with Crippen LogP contribution in [0.15, 0.2) is 18.2 Å². The predicted octanol–water partition coefficient (Wildman–Crippen LogP) is 4.18. The van der Waals surface area contributed by atoms with Crippen LogP contribution >= 0.6 is 0 Å². The van der Waals surface area contributed by atoms with Crippen molar-refractivity contribution in [3.63, 3.8) is 0 Å². The zero-order valence-corrected chi connectivity index (χ0v) is 14.1. The maximum atomic E-state index is 12.1. The lowest BCUT2D eigenvalue weighted by Gasteiger charge is -2.16. The highest BCUT2D eigenvalue weighted by Crippen LogP contribution is 2.28. The van der Waals surface area contributed by atoms with Crippen LogP contribution in [-0.2, 0) is 0 Å². The zero-order valence-electron chi connectivity index (χ0n) is 14.1. The summed E-state index contributed by atoms with van der Waals surface area (Å²) in [5.41, 5.74) is 0.595. The number of carbonyl (C=O) groups excluding carboxylic acids is 1. The average molecular weight is 308 g/mol. The molecule has 1 aromatic rings. The van der Waals surface area contributed by atoms with Gasteiger partial charge in [0.15, 0.2) is 0 Å². The molecule has 124 valence electrons. The number of benzene rings is 1. The molecular weight excluding hydrogens is 280 g/mol. The Labute approximate surface area is 133 Å². The highest BCUT2D eigenvalue weighted by atomic mass is 16.5. The Hall–Kier alpha value is -1.91. The summed E-state index contributed by atoms with van der Waals surface area (Å²) < 4.78 is 10.4. The molecule has 0 radical (unpaired) electrons. The Bertz CT molecular complexity index is 463. The molecule has 0 aliphatic rings. The monoisotopic (exact) mass is 308 g/mol. The molecule has 5 nitrogen and oxygen atoms in total. The number of hydrogen-bond donors (Lipinski definition) is 2. The number of rotatable bonds is 9. The second-order valence-corrected chi connectivity index (χ2v) is 5.42. The van der Waals surface area contributed by atoms with E-state index in [9.17, 15) is 4.79 Å². The fourth-order valence-corrected chi connectivity index (χ4v) is 2.24. The fraction of sp³-hybridized carbons (Fsp3) is 0.588. The van der Waals surface area contributed by atoms with E-state index in [-0.39, 0.29) is 12.1 Å². The van der Waals surface area contributed by atoms with Gasteiger partial charge in [0, 0.05) is 12.1 Å². The number of ether oxygens (including phenoxy) is 2. The van der Waals surface area contributed by atoms with Crippen LogP contribution in [0.5, 0.6) is 11.5 Å². The Morgan fingerprint density at radius 2 is 1.95 bits per heavy atom. The van der Waals surface area contributed by atoms with E-state index in [0.29, 0.717) is 17.2 Å². The standard InChI is InChI=1S/C17H28N2O3/c1-5-6-7-8-9-13(2)18-17(20)19-15-12-14(21-3)10-11-16(15)22-4/h10-13H,5-9H2,1-4H3,(H2,18,19,20). The van der Waals surface area contributed by atoms with Crippen LogP contribution < -0.4 is 20.1 Å². The molecule has 1 aromatic carbocycles. The third-order valence-corrected chi connectivity index (χ3v) is 3.52. The first kappa shape index (κ1) is 18.1. The molecule has 0 saturated heterocycles. The Morgan fingerprint density at radius 3 is 2.59 bits per heavy atom. The summed E-state index contributed by atoms with van der Waals surface area (Å²) in [7, 11) is 3.16. The molecule has 2 amide bonds. The molecule has 0 heterocycles. The Kier molecular flexibility index (Phi) is 8.18. The lowest BCUT2D eigenvalue weighted by Crippen LogP contribution is -2.36. The van der Waals surface area contributed by atoms with Crippen molar-refractivity contribution in [2.24, 2.45) is 0 Å². The lowest BCUT2D eigenvalue weighted by molar-refractivity contribution is 0.248. The van der Waals surface area contributed by atoms with Gasteiger partial charge in [0.2, 0.25) is 0 Å². The molecule has 5 heteroatoms.